The molecule has 1 aliphatic rings. The van der Waals surface area contributed by atoms with E-state index in [1.807, 2.05) is 24.3 Å². The molecule has 0 saturated carbocycles. The lowest BCUT2D eigenvalue weighted by molar-refractivity contribution is 0.180. The van der Waals surface area contributed by atoms with Crippen molar-refractivity contribution in [2.45, 2.75) is 6.04 Å². The van der Waals surface area contributed by atoms with E-state index < -0.39 is 0 Å². The number of benzene rings is 1. The normalized spacial score (nSPS) is 17.4. The molecular formula is C15H18ClFN2O. The molecule has 3 rings (SSSR count). The van der Waals surface area contributed by atoms with E-state index >= 15 is 0 Å². The molecule has 5 heteroatoms. The van der Waals surface area contributed by atoms with Gasteiger partial charge >= 0.3 is 0 Å². The second-order valence-corrected chi connectivity index (χ2v) is 4.76. The first-order chi connectivity index (χ1) is 9.34. The van der Waals surface area contributed by atoms with Crippen LogP contribution in [0, 0.1) is 5.82 Å². The second kappa shape index (κ2) is 6.88. The summed E-state index contributed by atoms with van der Waals surface area (Å²) in [5.74, 6) is 0.704. The predicted molar refractivity (Wildman–Crippen MR) is 78.6 cm³/mol. The number of hydrogen-bond donors (Lipinski definition) is 1. The minimum absolute atomic E-state index is 0. The Morgan fingerprint density at radius 1 is 1.10 bits per heavy atom. The maximum Gasteiger partial charge on any atom is 0.125 e. The molecule has 1 saturated heterocycles. The van der Waals surface area contributed by atoms with E-state index in [1.165, 1.54) is 12.1 Å². The van der Waals surface area contributed by atoms with Gasteiger partial charge in [-0.1, -0.05) is 12.1 Å². The molecule has 20 heavy (non-hydrogen) atoms. The molecule has 108 valence electrons. The lowest BCUT2D eigenvalue weighted by Gasteiger charge is -2.34. The van der Waals surface area contributed by atoms with E-state index in [4.69, 9.17) is 4.42 Å². The van der Waals surface area contributed by atoms with Crippen LogP contribution in [0.25, 0.3) is 0 Å². The summed E-state index contributed by atoms with van der Waals surface area (Å²) in [6, 6.07) is 10.6. The topological polar surface area (TPSA) is 28.4 Å². The van der Waals surface area contributed by atoms with Crippen LogP contribution >= 0.6 is 12.4 Å². The Labute approximate surface area is 124 Å². The molecular weight excluding hydrogens is 279 g/mol. The Bertz CT molecular complexity index is 509. The molecule has 0 spiro atoms. The molecule has 1 aliphatic heterocycles. The van der Waals surface area contributed by atoms with Crippen LogP contribution in [0.4, 0.5) is 4.39 Å². The van der Waals surface area contributed by atoms with Crippen LogP contribution in [0.15, 0.2) is 47.1 Å². The summed E-state index contributed by atoms with van der Waals surface area (Å²) in [5.41, 5.74) is 1.07. The molecule has 1 aromatic carbocycles. The van der Waals surface area contributed by atoms with Gasteiger partial charge in [0.1, 0.15) is 11.6 Å². The van der Waals surface area contributed by atoms with E-state index in [1.54, 1.807) is 6.26 Å². The van der Waals surface area contributed by atoms with Crippen LogP contribution in [-0.4, -0.2) is 31.1 Å². The Morgan fingerprint density at radius 3 is 2.40 bits per heavy atom. The van der Waals surface area contributed by atoms with Crippen molar-refractivity contribution in [1.29, 1.82) is 0 Å². The highest BCUT2D eigenvalue weighted by atomic mass is 35.5. The van der Waals surface area contributed by atoms with Gasteiger partial charge in [-0.3, -0.25) is 4.90 Å². The zero-order valence-electron chi connectivity index (χ0n) is 11.1. The first-order valence-corrected chi connectivity index (χ1v) is 6.58. The van der Waals surface area contributed by atoms with Gasteiger partial charge in [-0.25, -0.2) is 4.39 Å². The first-order valence-electron chi connectivity index (χ1n) is 6.58. The molecule has 0 unspecified atom stereocenters. The van der Waals surface area contributed by atoms with Crippen molar-refractivity contribution in [1.82, 2.24) is 10.2 Å². The maximum atomic E-state index is 13.1. The standard InChI is InChI=1S/C15H17FN2O.ClH/c16-13-5-3-12(4-6-13)15(14-2-1-11-19-14)18-9-7-17-8-10-18;/h1-6,11,15,17H,7-10H2;1H/t15-;/m1./s1. The third-order valence-corrected chi connectivity index (χ3v) is 3.52. The second-order valence-electron chi connectivity index (χ2n) is 4.76. The van der Waals surface area contributed by atoms with Gasteiger partial charge in [-0.2, -0.15) is 0 Å². The summed E-state index contributed by atoms with van der Waals surface area (Å²) in [6.07, 6.45) is 1.69. The van der Waals surface area contributed by atoms with Gasteiger partial charge in [-0.05, 0) is 29.8 Å². The third kappa shape index (κ3) is 3.20. The van der Waals surface area contributed by atoms with Crippen molar-refractivity contribution in [2.24, 2.45) is 0 Å². The Kier molecular flexibility index (Phi) is 5.17. The van der Waals surface area contributed by atoms with E-state index in [0.29, 0.717) is 0 Å². The minimum Gasteiger partial charge on any atom is -0.467 e. The van der Waals surface area contributed by atoms with E-state index in [-0.39, 0.29) is 24.3 Å². The highest BCUT2D eigenvalue weighted by molar-refractivity contribution is 5.85. The molecule has 0 amide bonds. The molecule has 1 N–H and O–H groups in total. The molecule has 3 nitrogen and oxygen atoms in total. The fraction of sp³-hybridized carbons (Fsp3) is 0.333. The SMILES string of the molecule is Cl.Fc1ccc([C@H](c2ccco2)N2CCNCC2)cc1. The van der Waals surface area contributed by atoms with Crippen LogP contribution in [0.5, 0.6) is 0 Å². The summed E-state index contributed by atoms with van der Waals surface area (Å²) >= 11 is 0. The number of nitrogens with one attached hydrogen (secondary N) is 1. The Hall–Kier alpha value is -1.36. The number of furan rings is 1. The highest BCUT2D eigenvalue weighted by Gasteiger charge is 2.25. The molecule has 0 bridgehead atoms. The van der Waals surface area contributed by atoms with Crippen molar-refractivity contribution in [3.63, 3.8) is 0 Å². The van der Waals surface area contributed by atoms with Crippen molar-refractivity contribution >= 4 is 12.4 Å². The third-order valence-electron chi connectivity index (χ3n) is 3.52. The quantitative estimate of drug-likeness (QED) is 0.944. The molecule has 1 atom stereocenters. The van der Waals surface area contributed by atoms with Gasteiger partial charge in [0.25, 0.3) is 0 Å². The van der Waals surface area contributed by atoms with Crippen molar-refractivity contribution in [3.05, 3.63) is 59.8 Å². The van der Waals surface area contributed by atoms with E-state index in [0.717, 1.165) is 37.5 Å². The van der Waals surface area contributed by atoms with Crippen molar-refractivity contribution < 1.29 is 8.81 Å². The zero-order chi connectivity index (χ0) is 13.1. The smallest absolute Gasteiger partial charge is 0.125 e. The van der Waals surface area contributed by atoms with Crippen molar-refractivity contribution in [3.8, 4) is 0 Å². The van der Waals surface area contributed by atoms with Crippen LogP contribution in [-0.2, 0) is 0 Å². The van der Waals surface area contributed by atoms with Gasteiger partial charge in [0.05, 0.1) is 12.3 Å². The van der Waals surface area contributed by atoms with Gasteiger partial charge in [0, 0.05) is 26.2 Å². The number of hydrogen-bond acceptors (Lipinski definition) is 3. The van der Waals surface area contributed by atoms with Gasteiger partial charge in [0.15, 0.2) is 0 Å². The predicted octanol–water partition coefficient (Wildman–Crippen LogP) is 2.84. The Morgan fingerprint density at radius 2 is 1.80 bits per heavy atom. The number of rotatable bonds is 3. The van der Waals surface area contributed by atoms with Gasteiger partial charge in [-0.15, -0.1) is 12.4 Å². The molecule has 0 aliphatic carbocycles. The summed E-state index contributed by atoms with van der Waals surface area (Å²) in [4.78, 5) is 2.36. The summed E-state index contributed by atoms with van der Waals surface area (Å²) in [7, 11) is 0. The molecule has 2 aromatic rings. The van der Waals surface area contributed by atoms with Crippen LogP contribution in [0.3, 0.4) is 0 Å². The van der Waals surface area contributed by atoms with Gasteiger partial charge < -0.3 is 9.73 Å². The number of nitrogens with zero attached hydrogens (tertiary/aromatic N) is 1. The monoisotopic (exact) mass is 296 g/mol. The molecule has 1 fully saturated rings. The van der Waals surface area contributed by atoms with Gasteiger partial charge in [0.2, 0.25) is 0 Å². The zero-order valence-corrected chi connectivity index (χ0v) is 11.9. The average molecular weight is 297 g/mol. The lowest BCUT2D eigenvalue weighted by Crippen LogP contribution is -2.45. The summed E-state index contributed by atoms with van der Waals surface area (Å²) in [5, 5.41) is 3.34. The van der Waals surface area contributed by atoms with Crippen LogP contribution < -0.4 is 5.32 Å². The molecule has 0 radical (unpaired) electrons. The van der Waals surface area contributed by atoms with Crippen LogP contribution in [0.1, 0.15) is 17.4 Å². The fourth-order valence-corrected chi connectivity index (χ4v) is 2.59. The van der Waals surface area contributed by atoms with Crippen LogP contribution in [0.2, 0.25) is 0 Å². The fourth-order valence-electron chi connectivity index (χ4n) is 2.59. The minimum atomic E-state index is -0.206. The summed E-state index contributed by atoms with van der Waals surface area (Å²) in [6.45, 7) is 3.86. The van der Waals surface area contributed by atoms with E-state index in [2.05, 4.69) is 10.2 Å². The molecule has 2 heterocycles. The molecule has 1 aromatic heterocycles. The highest BCUT2D eigenvalue weighted by Crippen LogP contribution is 2.29. The lowest BCUT2D eigenvalue weighted by atomic mass is 10.0. The van der Waals surface area contributed by atoms with Crippen molar-refractivity contribution in [2.75, 3.05) is 26.2 Å². The Balaban J connectivity index is 0.00000147. The largest absolute Gasteiger partial charge is 0.467 e. The number of piperazine rings is 1. The first kappa shape index (κ1) is 15.0. The number of halogens is 2. The van der Waals surface area contributed by atoms with E-state index in [9.17, 15) is 4.39 Å². The maximum absolute atomic E-state index is 13.1. The average Bonchev–Trinajstić information content (AvgIpc) is 2.96. The summed E-state index contributed by atoms with van der Waals surface area (Å²) < 4.78 is 18.7.